The summed E-state index contributed by atoms with van der Waals surface area (Å²) in [6.45, 7) is 9.03. The first-order valence-corrected chi connectivity index (χ1v) is 13.3. The van der Waals surface area contributed by atoms with Gasteiger partial charge in [0.2, 0.25) is 0 Å². The molecule has 38 heavy (non-hydrogen) atoms. The maximum atomic E-state index is 12.7. The third-order valence-electron chi connectivity index (χ3n) is 7.04. The van der Waals surface area contributed by atoms with Gasteiger partial charge in [0.25, 0.3) is 5.91 Å². The Balaban J connectivity index is 1.14. The van der Waals surface area contributed by atoms with E-state index in [-0.39, 0.29) is 5.91 Å². The van der Waals surface area contributed by atoms with Crippen LogP contribution in [0.25, 0.3) is 5.69 Å². The lowest BCUT2D eigenvalue weighted by Crippen LogP contribution is -2.45. The number of hydrazone groups is 1. The number of nitrogens with one attached hydrogen (secondary N) is 1. The lowest BCUT2D eigenvalue weighted by Gasteiger charge is -2.36. The van der Waals surface area contributed by atoms with Crippen molar-refractivity contribution in [3.63, 3.8) is 0 Å². The van der Waals surface area contributed by atoms with Gasteiger partial charge in [0.1, 0.15) is 0 Å². The quantitative estimate of drug-likeness (QED) is 0.244. The van der Waals surface area contributed by atoms with Crippen molar-refractivity contribution in [2.75, 3.05) is 31.1 Å². The molecule has 0 saturated carbocycles. The molecule has 1 aromatic heterocycles. The van der Waals surface area contributed by atoms with Gasteiger partial charge in [-0.3, -0.25) is 9.69 Å². The predicted octanol–water partition coefficient (Wildman–Crippen LogP) is 5.83. The largest absolute Gasteiger partial charge is 0.369 e. The minimum Gasteiger partial charge on any atom is -0.369 e. The van der Waals surface area contributed by atoms with Gasteiger partial charge in [-0.2, -0.15) is 5.10 Å². The van der Waals surface area contributed by atoms with Crippen LogP contribution in [-0.4, -0.2) is 47.8 Å². The van der Waals surface area contributed by atoms with E-state index in [0.29, 0.717) is 10.6 Å². The van der Waals surface area contributed by atoms with E-state index in [4.69, 9.17) is 11.6 Å². The van der Waals surface area contributed by atoms with Gasteiger partial charge in [-0.25, -0.2) is 5.43 Å². The molecule has 1 aliphatic heterocycles. The molecule has 1 saturated heterocycles. The van der Waals surface area contributed by atoms with Gasteiger partial charge >= 0.3 is 0 Å². The number of nitrogens with zero attached hydrogens (tertiary/aromatic N) is 4. The molecule has 0 atom stereocenters. The smallest absolute Gasteiger partial charge is 0.271 e. The lowest BCUT2D eigenvalue weighted by atomic mass is 10.1. The van der Waals surface area contributed by atoms with Crippen molar-refractivity contribution in [2.24, 2.45) is 5.10 Å². The minimum absolute atomic E-state index is 0.226. The number of aromatic nitrogens is 1. The van der Waals surface area contributed by atoms with Crippen LogP contribution < -0.4 is 10.3 Å². The summed E-state index contributed by atoms with van der Waals surface area (Å²) in [6, 6.07) is 28.1. The Hall–Kier alpha value is -3.87. The maximum absolute atomic E-state index is 12.7. The predicted molar refractivity (Wildman–Crippen MR) is 156 cm³/mol. The zero-order chi connectivity index (χ0) is 26.5. The number of aryl methyl sites for hydroxylation is 1. The van der Waals surface area contributed by atoms with E-state index >= 15 is 0 Å². The second-order valence-corrected chi connectivity index (χ2v) is 10.1. The number of carbonyl (C=O) groups is 1. The lowest BCUT2D eigenvalue weighted by molar-refractivity contribution is 0.0955. The Morgan fingerprint density at radius 1 is 0.895 bits per heavy atom. The molecule has 1 fully saturated rings. The summed E-state index contributed by atoms with van der Waals surface area (Å²) in [5.41, 5.74) is 9.83. The van der Waals surface area contributed by atoms with E-state index in [2.05, 4.69) is 55.2 Å². The summed E-state index contributed by atoms with van der Waals surface area (Å²) in [6.07, 6.45) is 1.69. The number of rotatable bonds is 7. The molecule has 0 bridgehead atoms. The highest BCUT2D eigenvalue weighted by molar-refractivity contribution is 6.30. The second-order valence-electron chi connectivity index (χ2n) is 9.63. The highest BCUT2D eigenvalue weighted by Crippen LogP contribution is 2.21. The fraction of sp³-hybridized carbons (Fsp3) is 0.226. The minimum atomic E-state index is -0.226. The van der Waals surface area contributed by atoms with Gasteiger partial charge in [0.05, 0.1) is 6.21 Å². The van der Waals surface area contributed by atoms with Crippen LogP contribution in [0.1, 0.15) is 32.9 Å². The standard InChI is InChI=1S/C31H32ClN5O/c1-23-20-27(24(2)37(23)30-14-12-28(32)13-15-30)21-33-34-31(38)26-10-8-25(9-11-26)22-35-16-18-36(19-17-35)29-6-4-3-5-7-29/h3-15,20-21H,16-19,22H2,1-2H3,(H,34,38)/b33-21-. The number of hydrogen-bond acceptors (Lipinski definition) is 4. The van der Waals surface area contributed by atoms with Crippen molar-refractivity contribution in [1.29, 1.82) is 0 Å². The Bertz CT molecular complexity index is 1400. The molecule has 194 valence electrons. The van der Waals surface area contributed by atoms with Crippen molar-refractivity contribution in [2.45, 2.75) is 20.4 Å². The molecule has 2 heterocycles. The molecule has 7 heteroatoms. The molecule has 5 rings (SSSR count). The molecular formula is C31H32ClN5O. The van der Waals surface area contributed by atoms with Crippen LogP contribution in [0.3, 0.4) is 0 Å². The fourth-order valence-corrected chi connectivity index (χ4v) is 5.08. The first kappa shape index (κ1) is 25.8. The van der Waals surface area contributed by atoms with Gasteiger partial charge in [0, 0.05) is 71.6 Å². The Morgan fingerprint density at radius 3 is 2.26 bits per heavy atom. The summed E-state index contributed by atoms with van der Waals surface area (Å²) in [5.74, 6) is -0.226. The van der Waals surface area contributed by atoms with Gasteiger partial charge in [0.15, 0.2) is 0 Å². The normalized spacial score (nSPS) is 14.2. The average Bonchev–Trinajstić information content (AvgIpc) is 3.23. The SMILES string of the molecule is Cc1cc(/C=N\NC(=O)c2ccc(CN3CCN(c4ccccc4)CC3)cc2)c(C)n1-c1ccc(Cl)cc1. The van der Waals surface area contributed by atoms with Gasteiger partial charge in [-0.15, -0.1) is 0 Å². The molecule has 1 aliphatic rings. The molecule has 0 radical (unpaired) electrons. The van der Waals surface area contributed by atoms with Crippen molar-refractivity contribution in [3.8, 4) is 5.69 Å². The van der Waals surface area contributed by atoms with Crippen LogP contribution in [0, 0.1) is 13.8 Å². The van der Waals surface area contributed by atoms with Crippen molar-refractivity contribution < 1.29 is 4.79 Å². The molecule has 1 N–H and O–H groups in total. The molecule has 6 nitrogen and oxygen atoms in total. The van der Waals surface area contributed by atoms with Crippen LogP contribution in [-0.2, 0) is 6.54 Å². The summed E-state index contributed by atoms with van der Waals surface area (Å²) >= 11 is 6.03. The van der Waals surface area contributed by atoms with Gasteiger partial charge in [-0.05, 0) is 74.0 Å². The van der Waals surface area contributed by atoms with Gasteiger partial charge < -0.3 is 9.47 Å². The molecule has 1 amide bonds. The van der Waals surface area contributed by atoms with Crippen LogP contribution >= 0.6 is 11.6 Å². The number of amides is 1. The molecule has 4 aromatic rings. The van der Waals surface area contributed by atoms with E-state index in [1.807, 2.05) is 68.4 Å². The highest BCUT2D eigenvalue weighted by atomic mass is 35.5. The number of carbonyl (C=O) groups excluding carboxylic acids is 1. The molecule has 3 aromatic carbocycles. The number of halogens is 1. The number of hydrogen-bond donors (Lipinski definition) is 1. The van der Waals surface area contributed by atoms with E-state index in [1.165, 1.54) is 11.3 Å². The van der Waals surface area contributed by atoms with Crippen molar-refractivity contribution >= 4 is 29.4 Å². The van der Waals surface area contributed by atoms with Crippen molar-refractivity contribution in [1.82, 2.24) is 14.9 Å². The molecule has 0 aliphatic carbocycles. The van der Waals surface area contributed by atoms with E-state index in [1.54, 1.807) is 6.21 Å². The Labute approximate surface area is 229 Å². The van der Waals surface area contributed by atoms with E-state index < -0.39 is 0 Å². The van der Waals surface area contributed by atoms with Crippen LogP contribution in [0.5, 0.6) is 0 Å². The van der Waals surface area contributed by atoms with Crippen molar-refractivity contribution in [3.05, 3.63) is 118 Å². The topological polar surface area (TPSA) is 52.9 Å². The summed E-state index contributed by atoms with van der Waals surface area (Å²) < 4.78 is 2.14. The zero-order valence-corrected chi connectivity index (χ0v) is 22.5. The zero-order valence-electron chi connectivity index (χ0n) is 21.8. The highest BCUT2D eigenvalue weighted by Gasteiger charge is 2.17. The Kier molecular flexibility index (Phi) is 7.91. The van der Waals surface area contributed by atoms with E-state index in [9.17, 15) is 4.79 Å². The van der Waals surface area contributed by atoms with Crippen LogP contribution in [0.15, 0.2) is 90.0 Å². The Morgan fingerprint density at radius 2 is 1.58 bits per heavy atom. The molecular weight excluding hydrogens is 494 g/mol. The number of para-hydroxylation sites is 1. The third kappa shape index (κ3) is 5.98. The van der Waals surface area contributed by atoms with Crippen LogP contribution in [0.2, 0.25) is 5.02 Å². The summed E-state index contributed by atoms with van der Waals surface area (Å²) in [5, 5.41) is 4.92. The molecule has 0 spiro atoms. The third-order valence-corrected chi connectivity index (χ3v) is 7.29. The number of anilines is 1. The van der Waals surface area contributed by atoms with Gasteiger partial charge in [-0.1, -0.05) is 41.9 Å². The average molecular weight is 526 g/mol. The van der Waals surface area contributed by atoms with E-state index in [0.717, 1.165) is 55.4 Å². The fourth-order valence-electron chi connectivity index (χ4n) is 4.95. The van der Waals surface area contributed by atoms with Crippen LogP contribution in [0.4, 0.5) is 5.69 Å². The second kappa shape index (κ2) is 11.7. The summed E-state index contributed by atoms with van der Waals surface area (Å²) in [7, 11) is 0. The number of benzene rings is 3. The summed E-state index contributed by atoms with van der Waals surface area (Å²) in [4.78, 5) is 17.5. The number of piperazine rings is 1. The molecule has 0 unspecified atom stereocenters. The maximum Gasteiger partial charge on any atom is 0.271 e. The first-order chi connectivity index (χ1) is 18.5. The monoisotopic (exact) mass is 525 g/mol. The first-order valence-electron chi connectivity index (χ1n) is 12.9.